The number of hydrogen-bond acceptors (Lipinski definition) is 3. The Morgan fingerprint density at radius 2 is 2.00 bits per heavy atom. The summed E-state index contributed by atoms with van der Waals surface area (Å²) in [5.74, 6) is 2.86. The Bertz CT molecular complexity index is 322. The van der Waals surface area contributed by atoms with Crippen molar-refractivity contribution >= 4 is 17.7 Å². The van der Waals surface area contributed by atoms with E-state index in [-0.39, 0.29) is 5.54 Å². The number of amides is 1. The van der Waals surface area contributed by atoms with Crippen LogP contribution in [0, 0.1) is 0 Å². The first-order valence-electron chi connectivity index (χ1n) is 7.45. The van der Waals surface area contributed by atoms with E-state index in [1.807, 2.05) is 11.8 Å². The number of thioether (sulfide) groups is 1. The third-order valence-electron chi connectivity index (χ3n) is 4.85. The molecule has 3 nitrogen and oxygen atoms in total. The van der Waals surface area contributed by atoms with Crippen molar-refractivity contribution in [2.45, 2.75) is 69.6 Å². The molecule has 3 rings (SSSR count). The van der Waals surface area contributed by atoms with Crippen molar-refractivity contribution in [2.75, 3.05) is 11.5 Å². The van der Waals surface area contributed by atoms with Gasteiger partial charge in [-0.3, -0.25) is 10.1 Å². The molecular weight excluding hydrogens is 244 g/mol. The SMILES string of the molecule is CCC1NC2(CCCC2)C(=O)N1C1CCSCC1. The van der Waals surface area contributed by atoms with E-state index in [1.54, 1.807) is 0 Å². The highest BCUT2D eigenvalue weighted by atomic mass is 32.2. The molecule has 1 spiro atoms. The van der Waals surface area contributed by atoms with E-state index >= 15 is 0 Å². The van der Waals surface area contributed by atoms with Crippen LogP contribution in [0.1, 0.15) is 51.9 Å². The summed E-state index contributed by atoms with van der Waals surface area (Å²) >= 11 is 2.03. The predicted octanol–water partition coefficient (Wildman–Crippen LogP) is 2.36. The molecule has 18 heavy (non-hydrogen) atoms. The average Bonchev–Trinajstić information content (AvgIpc) is 2.98. The second-order valence-electron chi connectivity index (χ2n) is 5.91. The van der Waals surface area contributed by atoms with Crippen molar-refractivity contribution in [3.05, 3.63) is 0 Å². The largest absolute Gasteiger partial charge is 0.323 e. The zero-order chi connectivity index (χ0) is 12.6. The molecule has 0 radical (unpaired) electrons. The highest BCUT2D eigenvalue weighted by Crippen LogP contribution is 2.39. The Balaban J connectivity index is 1.80. The lowest BCUT2D eigenvalue weighted by atomic mass is 9.97. The molecule has 1 N–H and O–H groups in total. The number of nitrogens with one attached hydrogen (secondary N) is 1. The smallest absolute Gasteiger partial charge is 0.244 e. The first-order valence-corrected chi connectivity index (χ1v) is 8.60. The molecule has 1 amide bonds. The van der Waals surface area contributed by atoms with Crippen LogP contribution in [0.15, 0.2) is 0 Å². The van der Waals surface area contributed by atoms with E-state index in [4.69, 9.17) is 0 Å². The molecule has 3 aliphatic rings. The molecule has 4 heteroatoms. The van der Waals surface area contributed by atoms with Gasteiger partial charge in [0.05, 0.1) is 11.7 Å². The molecule has 1 aliphatic carbocycles. The van der Waals surface area contributed by atoms with E-state index < -0.39 is 0 Å². The number of rotatable bonds is 2. The molecule has 2 aliphatic heterocycles. The summed E-state index contributed by atoms with van der Waals surface area (Å²) in [6.07, 6.45) is 8.24. The van der Waals surface area contributed by atoms with E-state index in [0.717, 1.165) is 19.3 Å². The van der Waals surface area contributed by atoms with Crippen molar-refractivity contribution in [2.24, 2.45) is 0 Å². The van der Waals surface area contributed by atoms with Gasteiger partial charge in [0.25, 0.3) is 0 Å². The molecule has 0 aromatic rings. The van der Waals surface area contributed by atoms with Crippen LogP contribution in [0.25, 0.3) is 0 Å². The van der Waals surface area contributed by atoms with Crippen molar-refractivity contribution in [3.8, 4) is 0 Å². The lowest BCUT2D eigenvalue weighted by molar-refractivity contribution is -0.135. The van der Waals surface area contributed by atoms with Crippen LogP contribution < -0.4 is 5.32 Å². The monoisotopic (exact) mass is 268 g/mol. The fourth-order valence-electron chi connectivity index (χ4n) is 3.86. The zero-order valence-corrected chi connectivity index (χ0v) is 12.1. The molecule has 2 heterocycles. The standard InChI is InChI=1S/C14H24N2OS/c1-2-12-15-14(7-3-4-8-14)13(17)16(12)11-5-9-18-10-6-11/h11-12,15H,2-10H2,1H3. The lowest BCUT2D eigenvalue weighted by Crippen LogP contribution is -2.46. The topological polar surface area (TPSA) is 32.3 Å². The molecule has 3 fully saturated rings. The normalized spacial score (nSPS) is 32.6. The van der Waals surface area contributed by atoms with Crippen LogP contribution >= 0.6 is 11.8 Å². The van der Waals surface area contributed by atoms with Crippen LogP contribution in [0.2, 0.25) is 0 Å². The van der Waals surface area contributed by atoms with Crippen molar-refractivity contribution in [1.82, 2.24) is 10.2 Å². The third kappa shape index (κ3) is 1.97. The minimum atomic E-state index is -0.175. The summed E-state index contributed by atoms with van der Waals surface area (Å²) in [5, 5.41) is 3.68. The predicted molar refractivity (Wildman–Crippen MR) is 75.6 cm³/mol. The van der Waals surface area contributed by atoms with Crippen LogP contribution in [0.5, 0.6) is 0 Å². The van der Waals surface area contributed by atoms with Crippen LogP contribution in [0.4, 0.5) is 0 Å². The third-order valence-corrected chi connectivity index (χ3v) is 5.90. The molecule has 102 valence electrons. The van der Waals surface area contributed by atoms with Gasteiger partial charge in [0.15, 0.2) is 0 Å². The van der Waals surface area contributed by atoms with Crippen molar-refractivity contribution < 1.29 is 4.79 Å². The molecule has 1 unspecified atom stereocenters. The quantitative estimate of drug-likeness (QED) is 0.834. The second kappa shape index (κ2) is 5.04. The number of hydrogen-bond donors (Lipinski definition) is 1. The van der Waals surface area contributed by atoms with Crippen molar-refractivity contribution in [1.29, 1.82) is 0 Å². The van der Waals surface area contributed by atoms with E-state index in [1.165, 1.54) is 37.2 Å². The van der Waals surface area contributed by atoms with Crippen LogP contribution in [0.3, 0.4) is 0 Å². The Morgan fingerprint density at radius 3 is 2.61 bits per heavy atom. The van der Waals surface area contributed by atoms with Gasteiger partial charge in [0.1, 0.15) is 0 Å². The molecule has 1 saturated carbocycles. The van der Waals surface area contributed by atoms with Gasteiger partial charge in [-0.2, -0.15) is 11.8 Å². The fraction of sp³-hybridized carbons (Fsp3) is 0.929. The van der Waals surface area contributed by atoms with Crippen LogP contribution in [-0.2, 0) is 4.79 Å². The first kappa shape index (κ1) is 12.8. The minimum absolute atomic E-state index is 0.175. The summed E-state index contributed by atoms with van der Waals surface area (Å²) in [7, 11) is 0. The van der Waals surface area contributed by atoms with Gasteiger partial charge in [-0.05, 0) is 43.6 Å². The summed E-state index contributed by atoms with van der Waals surface area (Å²) in [5.41, 5.74) is -0.175. The van der Waals surface area contributed by atoms with Crippen molar-refractivity contribution in [3.63, 3.8) is 0 Å². The van der Waals surface area contributed by atoms with E-state index in [2.05, 4.69) is 17.1 Å². The lowest BCUT2D eigenvalue weighted by Gasteiger charge is -2.34. The molecule has 0 bridgehead atoms. The van der Waals surface area contributed by atoms with Gasteiger partial charge >= 0.3 is 0 Å². The number of carbonyl (C=O) groups is 1. The Morgan fingerprint density at radius 1 is 1.33 bits per heavy atom. The van der Waals surface area contributed by atoms with Gasteiger partial charge in [-0.25, -0.2) is 0 Å². The maximum Gasteiger partial charge on any atom is 0.244 e. The van der Waals surface area contributed by atoms with Gasteiger partial charge in [0.2, 0.25) is 5.91 Å². The molecule has 2 saturated heterocycles. The number of nitrogens with zero attached hydrogens (tertiary/aromatic N) is 1. The Kier molecular flexibility index (Phi) is 3.59. The number of carbonyl (C=O) groups excluding carboxylic acids is 1. The molecular formula is C14H24N2OS. The molecule has 0 aromatic carbocycles. The summed E-state index contributed by atoms with van der Waals surface area (Å²) in [6.45, 7) is 2.20. The minimum Gasteiger partial charge on any atom is -0.323 e. The summed E-state index contributed by atoms with van der Waals surface area (Å²) < 4.78 is 0. The highest BCUT2D eigenvalue weighted by Gasteiger charge is 2.53. The van der Waals surface area contributed by atoms with Gasteiger partial charge < -0.3 is 4.90 Å². The summed E-state index contributed by atoms with van der Waals surface area (Å²) in [6, 6.07) is 0.496. The maximum atomic E-state index is 12.9. The molecule has 0 aromatic heterocycles. The highest BCUT2D eigenvalue weighted by molar-refractivity contribution is 7.99. The fourth-order valence-corrected chi connectivity index (χ4v) is 4.94. The zero-order valence-electron chi connectivity index (χ0n) is 11.3. The van der Waals surface area contributed by atoms with Crippen LogP contribution in [-0.4, -0.2) is 40.1 Å². The van der Waals surface area contributed by atoms with Gasteiger partial charge in [-0.15, -0.1) is 0 Å². The van der Waals surface area contributed by atoms with Gasteiger partial charge in [0, 0.05) is 6.04 Å². The Labute approximate surface area is 114 Å². The molecule has 1 atom stereocenters. The Hall–Kier alpha value is -0.220. The van der Waals surface area contributed by atoms with E-state index in [0.29, 0.717) is 18.1 Å². The average molecular weight is 268 g/mol. The summed E-state index contributed by atoms with van der Waals surface area (Å²) in [4.78, 5) is 15.1. The first-order chi connectivity index (χ1) is 8.77. The maximum absolute atomic E-state index is 12.9. The van der Waals surface area contributed by atoms with Gasteiger partial charge in [-0.1, -0.05) is 19.8 Å². The van der Waals surface area contributed by atoms with E-state index in [9.17, 15) is 4.79 Å². The second-order valence-corrected chi connectivity index (χ2v) is 7.14.